The van der Waals surface area contributed by atoms with Gasteiger partial charge in [0.1, 0.15) is 12.4 Å². The maximum atomic E-state index is 11.7. The van der Waals surface area contributed by atoms with Gasteiger partial charge >= 0.3 is 0 Å². The third kappa shape index (κ3) is 6.20. The van der Waals surface area contributed by atoms with E-state index in [9.17, 15) is 4.79 Å². The van der Waals surface area contributed by atoms with Gasteiger partial charge in [-0.15, -0.1) is 0 Å². The highest BCUT2D eigenvalue weighted by molar-refractivity contribution is 9.10. The minimum Gasteiger partial charge on any atom is -0.489 e. The summed E-state index contributed by atoms with van der Waals surface area (Å²) in [7, 11) is 0. The summed E-state index contributed by atoms with van der Waals surface area (Å²) in [4.78, 5) is 11.7. The molecule has 1 amide bonds. The van der Waals surface area contributed by atoms with Crippen molar-refractivity contribution in [2.24, 2.45) is 0 Å². The normalized spacial score (nSPS) is 12.1. The number of amides is 1. The zero-order valence-corrected chi connectivity index (χ0v) is 15.5. The van der Waals surface area contributed by atoms with Crippen molar-refractivity contribution in [1.29, 1.82) is 0 Å². The molecule has 0 fully saturated rings. The Morgan fingerprint density at radius 3 is 2.46 bits per heavy atom. The van der Waals surface area contributed by atoms with Gasteiger partial charge in [0.25, 0.3) is 0 Å². The van der Waals surface area contributed by atoms with Gasteiger partial charge in [0.15, 0.2) is 0 Å². The van der Waals surface area contributed by atoms with Crippen LogP contribution in [0, 0.1) is 0 Å². The zero-order chi connectivity index (χ0) is 17.4. The number of benzene rings is 2. The Kier molecular flexibility index (Phi) is 7.07. The van der Waals surface area contributed by atoms with E-state index in [0.29, 0.717) is 6.61 Å². The Morgan fingerprint density at radius 2 is 1.83 bits per heavy atom. The Bertz CT molecular complexity index is 678. The number of nitrogens with one attached hydrogen (secondary N) is 1. The molecule has 3 nitrogen and oxygen atoms in total. The topological polar surface area (TPSA) is 38.3 Å². The van der Waals surface area contributed by atoms with Crippen molar-refractivity contribution in [3.63, 3.8) is 0 Å². The van der Waals surface area contributed by atoms with E-state index in [-0.39, 0.29) is 11.9 Å². The first-order valence-electron chi connectivity index (χ1n) is 8.02. The van der Waals surface area contributed by atoms with Crippen LogP contribution in [0.5, 0.6) is 5.75 Å². The van der Waals surface area contributed by atoms with Crippen LogP contribution in [0.1, 0.15) is 31.4 Å². The van der Waals surface area contributed by atoms with E-state index in [4.69, 9.17) is 4.74 Å². The number of carbonyl (C=O) groups excluding carboxylic acids is 1. The second kappa shape index (κ2) is 9.28. The van der Waals surface area contributed by atoms with E-state index >= 15 is 0 Å². The SMILES string of the molecule is CC[C@H](C)NC(=O)/C=C/c1ccc(OCc2ccc(Br)cc2)cc1. The van der Waals surface area contributed by atoms with E-state index in [0.717, 1.165) is 27.8 Å². The maximum Gasteiger partial charge on any atom is 0.244 e. The average molecular weight is 388 g/mol. The first-order valence-corrected chi connectivity index (χ1v) is 8.82. The zero-order valence-electron chi connectivity index (χ0n) is 14.0. The highest BCUT2D eigenvalue weighted by Crippen LogP contribution is 2.16. The number of carbonyl (C=O) groups is 1. The van der Waals surface area contributed by atoms with E-state index in [1.165, 1.54) is 0 Å². The summed E-state index contributed by atoms with van der Waals surface area (Å²) >= 11 is 3.42. The molecule has 0 heterocycles. The lowest BCUT2D eigenvalue weighted by Gasteiger charge is -2.08. The minimum absolute atomic E-state index is 0.0695. The molecule has 2 aromatic carbocycles. The molecule has 0 aliphatic heterocycles. The van der Waals surface area contributed by atoms with E-state index in [1.807, 2.05) is 62.4 Å². The Labute approximate surface area is 151 Å². The number of hydrogen-bond acceptors (Lipinski definition) is 2. The lowest BCUT2D eigenvalue weighted by atomic mass is 10.2. The lowest BCUT2D eigenvalue weighted by Crippen LogP contribution is -2.30. The molecule has 1 atom stereocenters. The smallest absolute Gasteiger partial charge is 0.244 e. The summed E-state index contributed by atoms with van der Waals surface area (Å²) < 4.78 is 6.82. The molecule has 0 aliphatic rings. The first kappa shape index (κ1) is 18.3. The van der Waals surface area contributed by atoms with Crippen molar-refractivity contribution < 1.29 is 9.53 Å². The highest BCUT2D eigenvalue weighted by atomic mass is 79.9. The molecular formula is C20H22BrNO2. The molecule has 0 aromatic heterocycles. The second-order valence-corrected chi connectivity index (χ2v) is 6.55. The van der Waals surface area contributed by atoms with Crippen molar-refractivity contribution in [3.8, 4) is 5.75 Å². The van der Waals surface area contributed by atoms with Crippen molar-refractivity contribution in [2.45, 2.75) is 32.9 Å². The average Bonchev–Trinajstić information content (AvgIpc) is 2.60. The number of rotatable bonds is 7. The molecule has 0 spiro atoms. The van der Waals surface area contributed by atoms with Gasteiger partial charge in [-0.3, -0.25) is 4.79 Å². The van der Waals surface area contributed by atoms with Crippen LogP contribution in [0.25, 0.3) is 6.08 Å². The largest absolute Gasteiger partial charge is 0.489 e. The molecule has 4 heteroatoms. The van der Waals surface area contributed by atoms with Crippen molar-refractivity contribution in [3.05, 3.63) is 70.2 Å². The summed E-state index contributed by atoms with van der Waals surface area (Å²) in [5.41, 5.74) is 2.08. The first-order chi connectivity index (χ1) is 11.6. The maximum absolute atomic E-state index is 11.7. The molecular weight excluding hydrogens is 366 g/mol. The Hall–Kier alpha value is -2.07. The van der Waals surface area contributed by atoms with Crippen LogP contribution in [0.4, 0.5) is 0 Å². The molecule has 0 bridgehead atoms. The van der Waals surface area contributed by atoms with E-state index < -0.39 is 0 Å². The predicted octanol–water partition coefficient (Wildman–Crippen LogP) is 4.96. The third-order valence-corrected chi connectivity index (χ3v) is 4.16. The van der Waals surface area contributed by atoms with Gasteiger partial charge in [-0.25, -0.2) is 0 Å². The van der Waals surface area contributed by atoms with Crippen LogP contribution in [0.15, 0.2) is 59.1 Å². The van der Waals surface area contributed by atoms with Gasteiger partial charge in [-0.05, 0) is 54.8 Å². The monoisotopic (exact) mass is 387 g/mol. The van der Waals surface area contributed by atoms with Crippen LogP contribution < -0.4 is 10.1 Å². The van der Waals surface area contributed by atoms with Gasteiger partial charge in [0.2, 0.25) is 5.91 Å². The third-order valence-electron chi connectivity index (χ3n) is 3.63. The molecule has 24 heavy (non-hydrogen) atoms. The molecule has 0 radical (unpaired) electrons. The summed E-state index contributed by atoms with van der Waals surface area (Å²) in [6.45, 7) is 4.56. The molecule has 2 rings (SSSR count). The van der Waals surface area contributed by atoms with Crippen molar-refractivity contribution in [1.82, 2.24) is 5.32 Å². The van der Waals surface area contributed by atoms with E-state index in [1.54, 1.807) is 12.2 Å². The van der Waals surface area contributed by atoms with Crippen LogP contribution >= 0.6 is 15.9 Å². The fourth-order valence-corrected chi connectivity index (χ4v) is 2.25. The fraction of sp³-hybridized carbons (Fsp3) is 0.250. The Balaban J connectivity index is 1.86. The fourth-order valence-electron chi connectivity index (χ4n) is 1.99. The van der Waals surface area contributed by atoms with Gasteiger partial charge in [-0.1, -0.05) is 47.1 Å². The summed E-state index contributed by atoms with van der Waals surface area (Å²) in [6, 6.07) is 15.9. The minimum atomic E-state index is -0.0695. The highest BCUT2D eigenvalue weighted by Gasteiger charge is 2.01. The van der Waals surface area contributed by atoms with Gasteiger partial charge < -0.3 is 10.1 Å². The molecule has 0 unspecified atom stereocenters. The van der Waals surface area contributed by atoms with Crippen LogP contribution in [0.3, 0.4) is 0 Å². The van der Waals surface area contributed by atoms with Crippen LogP contribution in [-0.4, -0.2) is 11.9 Å². The predicted molar refractivity (Wildman–Crippen MR) is 102 cm³/mol. The Morgan fingerprint density at radius 1 is 1.17 bits per heavy atom. The van der Waals surface area contributed by atoms with Gasteiger partial charge in [0, 0.05) is 16.6 Å². The second-order valence-electron chi connectivity index (χ2n) is 5.64. The summed E-state index contributed by atoms with van der Waals surface area (Å²) in [5, 5.41) is 2.90. The van der Waals surface area contributed by atoms with Gasteiger partial charge in [0.05, 0.1) is 0 Å². The summed E-state index contributed by atoms with van der Waals surface area (Å²) in [6.07, 6.45) is 4.28. The molecule has 1 N–H and O–H groups in total. The molecule has 2 aromatic rings. The summed E-state index contributed by atoms with van der Waals surface area (Å²) in [5.74, 6) is 0.735. The molecule has 0 saturated carbocycles. The van der Waals surface area contributed by atoms with Crippen LogP contribution in [-0.2, 0) is 11.4 Å². The quantitative estimate of drug-likeness (QED) is 0.682. The molecule has 126 valence electrons. The molecule has 0 aliphatic carbocycles. The number of ether oxygens (including phenoxy) is 1. The number of halogens is 1. The van der Waals surface area contributed by atoms with E-state index in [2.05, 4.69) is 21.2 Å². The van der Waals surface area contributed by atoms with Crippen LogP contribution in [0.2, 0.25) is 0 Å². The van der Waals surface area contributed by atoms with Crippen molar-refractivity contribution >= 4 is 27.9 Å². The molecule has 0 saturated heterocycles. The lowest BCUT2D eigenvalue weighted by molar-refractivity contribution is -0.117. The van der Waals surface area contributed by atoms with Crippen molar-refractivity contribution in [2.75, 3.05) is 0 Å². The number of hydrogen-bond donors (Lipinski definition) is 1. The van der Waals surface area contributed by atoms with Gasteiger partial charge in [-0.2, -0.15) is 0 Å². The standard InChI is InChI=1S/C20H22BrNO2/c1-3-15(2)22-20(23)13-8-16-6-11-19(12-7-16)24-14-17-4-9-18(21)10-5-17/h4-13,15H,3,14H2,1-2H3,(H,22,23)/b13-8+/t15-/m0/s1.